The number of phenols is 1. The minimum absolute atomic E-state index is 0.136. The molecule has 0 saturated carbocycles. The van der Waals surface area contributed by atoms with Gasteiger partial charge in [-0.05, 0) is 40.2 Å². The molecule has 7 heteroatoms. The molecule has 2 heterocycles. The van der Waals surface area contributed by atoms with E-state index in [2.05, 4.69) is 20.9 Å². The molecule has 1 aliphatic rings. The van der Waals surface area contributed by atoms with Crippen molar-refractivity contribution in [1.29, 1.82) is 5.41 Å². The summed E-state index contributed by atoms with van der Waals surface area (Å²) in [5.74, 6) is 0.988. The van der Waals surface area contributed by atoms with E-state index in [0.717, 1.165) is 15.6 Å². The van der Waals surface area contributed by atoms with Crippen molar-refractivity contribution in [2.45, 2.75) is 5.92 Å². The number of pyridine rings is 1. The van der Waals surface area contributed by atoms with Crippen molar-refractivity contribution in [3.63, 3.8) is 0 Å². The quantitative estimate of drug-likeness (QED) is 0.571. The van der Waals surface area contributed by atoms with Crippen LogP contribution in [0.2, 0.25) is 0 Å². The number of ether oxygens (including phenoxy) is 2. The summed E-state index contributed by atoms with van der Waals surface area (Å²) in [5.41, 5.74) is 6.84. The van der Waals surface area contributed by atoms with E-state index in [9.17, 15) is 5.11 Å². The summed E-state index contributed by atoms with van der Waals surface area (Å²) in [6.07, 6.45) is 1.65. The van der Waals surface area contributed by atoms with E-state index < -0.39 is 0 Å². The first-order valence-corrected chi connectivity index (χ1v) is 6.97. The first kappa shape index (κ1) is 13.7. The van der Waals surface area contributed by atoms with Crippen molar-refractivity contribution in [3.8, 4) is 17.4 Å². The molecule has 0 radical (unpaired) electrons. The SMILES string of the molecule is N=C(N)OC[C@@H]1c2cc(O)ccc2Oc2ncc(Br)cc21. The number of nitrogens with one attached hydrogen (secondary N) is 1. The van der Waals surface area contributed by atoms with Gasteiger partial charge in [0.25, 0.3) is 6.02 Å². The molecule has 6 nitrogen and oxygen atoms in total. The molecule has 3 rings (SSSR count). The van der Waals surface area contributed by atoms with Gasteiger partial charge in [0.05, 0.1) is 5.92 Å². The van der Waals surface area contributed by atoms with E-state index in [-0.39, 0.29) is 24.3 Å². The van der Waals surface area contributed by atoms with Gasteiger partial charge < -0.3 is 20.3 Å². The van der Waals surface area contributed by atoms with Crippen LogP contribution in [0.1, 0.15) is 17.0 Å². The highest BCUT2D eigenvalue weighted by atomic mass is 79.9. The molecule has 1 atom stereocenters. The number of hydrogen-bond donors (Lipinski definition) is 3. The number of hydrogen-bond acceptors (Lipinski definition) is 5. The first-order valence-electron chi connectivity index (χ1n) is 6.17. The van der Waals surface area contributed by atoms with Gasteiger partial charge in [-0.15, -0.1) is 0 Å². The lowest BCUT2D eigenvalue weighted by molar-refractivity contribution is 0.272. The van der Waals surface area contributed by atoms with E-state index in [1.54, 1.807) is 24.4 Å². The minimum atomic E-state index is -0.354. The smallest absolute Gasteiger partial charge is 0.279 e. The Hall–Kier alpha value is -2.28. The number of nitrogens with zero attached hydrogens (tertiary/aromatic N) is 1. The zero-order chi connectivity index (χ0) is 15.0. The van der Waals surface area contributed by atoms with Crippen molar-refractivity contribution in [3.05, 3.63) is 46.1 Å². The second-order valence-corrected chi connectivity index (χ2v) is 5.52. The Morgan fingerprint density at radius 2 is 2.24 bits per heavy atom. The van der Waals surface area contributed by atoms with Gasteiger partial charge in [0.2, 0.25) is 5.88 Å². The lowest BCUT2D eigenvalue weighted by Crippen LogP contribution is -2.21. The van der Waals surface area contributed by atoms with Crippen LogP contribution in [0.3, 0.4) is 0 Å². The van der Waals surface area contributed by atoms with E-state index >= 15 is 0 Å². The Kier molecular flexibility index (Phi) is 3.42. The fourth-order valence-electron chi connectivity index (χ4n) is 2.30. The Balaban J connectivity index is 2.09. The number of amidine groups is 1. The predicted molar refractivity (Wildman–Crippen MR) is 79.8 cm³/mol. The molecule has 0 aliphatic carbocycles. The number of nitrogens with two attached hydrogens (primary N) is 1. The highest BCUT2D eigenvalue weighted by Gasteiger charge is 2.29. The number of phenolic OH excluding ortho intramolecular Hbond substituents is 1. The van der Waals surface area contributed by atoms with Crippen molar-refractivity contribution in [1.82, 2.24) is 4.98 Å². The van der Waals surface area contributed by atoms with Crippen molar-refractivity contribution < 1.29 is 14.6 Å². The van der Waals surface area contributed by atoms with Crippen molar-refractivity contribution in [2.75, 3.05) is 6.61 Å². The summed E-state index contributed by atoms with van der Waals surface area (Å²) in [7, 11) is 0. The molecule has 1 aromatic carbocycles. The molecule has 2 aromatic rings. The predicted octanol–water partition coefficient (Wildman–Crippen LogP) is 2.70. The van der Waals surface area contributed by atoms with Gasteiger partial charge in [0, 0.05) is 21.8 Å². The second-order valence-electron chi connectivity index (χ2n) is 4.60. The molecule has 1 aliphatic heterocycles. The maximum atomic E-state index is 9.70. The fourth-order valence-corrected chi connectivity index (χ4v) is 2.65. The maximum absolute atomic E-state index is 9.70. The Labute approximate surface area is 129 Å². The Bertz CT molecular complexity index is 669. The summed E-state index contributed by atoms with van der Waals surface area (Å²) in [4.78, 5) is 4.25. The molecule has 1 aromatic heterocycles. The van der Waals surface area contributed by atoms with Gasteiger partial charge in [0.15, 0.2) is 0 Å². The lowest BCUT2D eigenvalue weighted by Gasteiger charge is -2.27. The van der Waals surface area contributed by atoms with Gasteiger partial charge in [-0.3, -0.25) is 5.41 Å². The van der Waals surface area contributed by atoms with Crippen LogP contribution in [-0.4, -0.2) is 22.7 Å². The molecule has 0 fully saturated rings. The molecule has 0 bridgehead atoms. The monoisotopic (exact) mass is 349 g/mol. The molecule has 108 valence electrons. The summed E-state index contributed by atoms with van der Waals surface area (Å²) in [6, 6.07) is 6.37. The Morgan fingerprint density at radius 3 is 3.00 bits per heavy atom. The van der Waals surface area contributed by atoms with Crippen LogP contribution in [-0.2, 0) is 4.74 Å². The molecule has 0 unspecified atom stereocenters. The van der Waals surface area contributed by atoms with Crippen LogP contribution in [0.4, 0.5) is 0 Å². The largest absolute Gasteiger partial charge is 0.508 e. The first-order chi connectivity index (χ1) is 10.0. The summed E-state index contributed by atoms with van der Waals surface area (Å²) in [6.45, 7) is 0.167. The normalized spacial score (nSPS) is 15.6. The second kappa shape index (κ2) is 5.25. The van der Waals surface area contributed by atoms with E-state index in [0.29, 0.717) is 11.6 Å². The van der Waals surface area contributed by atoms with Crippen LogP contribution >= 0.6 is 15.9 Å². The molecule has 21 heavy (non-hydrogen) atoms. The third-order valence-corrected chi connectivity index (χ3v) is 3.64. The summed E-state index contributed by atoms with van der Waals surface area (Å²) >= 11 is 3.38. The zero-order valence-corrected chi connectivity index (χ0v) is 12.4. The highest BCUT2D eigenvalue weighted by Crippen LogP contribution is 2.44. The van der Waals surface area contributed by atoms with E-state index in [4.69, 9.17) is 20.6 Å². The molecular formula is C14H12BrN3O3. The average molecular weight is 350 g/mol. The van der Waals surface area contributed by atoms with Crippen molar-refractivity contribution in [2.24, 2.45) is 5.73 Å². The van der Waals surface area contributed by atoms with Crippen LogP contribution in [0.15, 0.2) is 34.9 Å². The summed E-state index contributed by atoms with van der Waals surface area (Å²) < 4.78 is 11.7. The molecule has 4 N–H and O–H groups in total. The number of halogens is 1. The standard InChI is InChI=1S/C14H12BrN3O3/c15-7-3-10-11(6-20-14(16)17)9-4-8(19)1-2-12(9)21-13(10)18-5-7/h1-5,11,19H,6H2,(H3,16,17)/t11-/m1/s1. The van der Waals surface area contributed by atoms with Crippen LogP contribution < -0.4 is 10.5 Å². The van der Waals surface area contributed by atoms with Gasteiger partial charge in [-0.25, -0.2) is 4.98 Å². The maximum Gasteiger partial charge on any atom is 0.279 e. The Morgan fingerprint density at radius 1 is 1.43 bits per heavy atom. The minimum Gasteiger partial charge on any atom is -0.508 e. The zero-order valence-electron chi connectivity index (χ0n) is 10.8. The number of benzene rings is 1. The van der Waals surface area contributed by atoms with Crippen LogP contribution in [0, 0.1) is 5.41 Å². The molecular weight excluding hydrogens is 338 g/mol. The highest BCUT2D eigenvalue weighted by molar-refractivity contribution is 9.10. The van der Waals surface area contributed by atoms with Gasteiger partial charge in [0.1, 0.15) is 18.1 Å². The third kappa shape index (κ3) is 2.64. The number of aromatic nitrogens is 1. The van der Waals surface area contributed by atoms with Crippen molar-refractivity contribution >= 4 is 22.0 Å². The average Bonchev–Trinajstić information content (AvgIpc) is 2.44. The number of rotatable bonds is 2. The summed E-state index contributed by atoms with van der Waals surface area (Å²) in [5, 5.41) is 16.9. The van der Waals surface area contributed by atoms with E-state index in [1.165, 1.54) is 0 Å². The van der Waals surface area contributed by atoms with Gasteiger partial charge in [-0.2, -0.15) is 0 Å². The number of fused-ring (bicyclic) bond motifs is 2. The number of aromatic hydroxyl groups is 1. The molecule has 0 spiro atoms. The lowest BCUT2D eigenvalue weighted by atomic mass is 9.90. The molecule has 0 amide bonds. The van der Waals surface area contributed by atoms with Gasteiger partial charge >= 0.3 is 0 Å². The molecule has 0 saturated heterocycles. The van der Waals surface area contributed by atoms with Gasteiger partial charge in [-0.1, -0.05) is 0 Å². The fraction of sp³-hybridized carbons (Fsp3) is 0.143. The van der Waals surface area contributed by atoms with Crippen LogP contribution in [0.25, 0.3) is 0 Å². The third-order valence-electron chi connectivity index (χ3n) is 3.20. The van der Waals surface area contributed by atoms with E-state index in [1.807, 2.05) is 6.07 Å². The van der Waals surface area contributed by atoms with Crippen LogP contribution in [0.5, 0.6) is 17.4 Å². The topological polar surface area (TPSA) is 101 Å².